The molecule has 0 fully saturated rings. The third-order valence-electron chi connectivity index (χ3n) is 3.30. The average molecular weight is 259 g/mol. The molecule has 96 valence electrons. The Morgan fingerprint density at radius 3 is 2.59 bits per heavy atom. The molecule has 0 radical (unpaired) electrons. The number of halogens is 1. The number of nitrogens with one attached hydrogen (secondary N) is 1. The van der Waals surface area contributed by atoms with E-state index in [1.807, 2.05) is 0 Å². The topological polar surface area (TPSA) is 84.1 Å². The molecule has 0 atom stereocenters. The van der Waals surface area contributed by atoms with E-state index in [4.69, 9.17) is 17.3 Å². The lowest BCUT2D eigenvalue weighted by Gasteiger charge is -2.29. The molecule has 0 saturated heterocycles. The van der Waals surface area contributed by atoms with Gasteiger partial charge in [-0.3, -0.25) is 0 Å². The van der Waals surface area contributed by atoms with E-state index in [1.165, 1.54) is 6.33 Å². The number of aliphatic hydroxyl groups excluding tert-OH is 1. The second-order valence-electron chi connectivity index (χ2n) is 4.15. The highest BCUT2D eigenvalue weighted by atomic mass is 35.5. The third kappa shape index (κ3) is 3.20. The lowest BCUT2D eigenvalue weighted by molar-refractivity contribution is 0.127. The number of hydrogen-bond donors (Lipinski definition) is 3. The highest BCUT2D eigenvalue weighted by Gasteiger charge is 2.25. The molecule has 0 unspecified atom stereocenters. The van der Waals surface area contributed by atoms with Gasteiger partial charge in [-0.15, -0.1) is 0 Å². The molecule has 6 heteroatoms. The third-order valence-corrected chi connectivity index (χ3v) is 3.60. The molecule has 17 heavy (non-hydrogen) atoms. The Balaban J connectivity index is 2.75. The molecule has 5 nitrogen and oxygen atoms in total. The van der Waals surface area contributed by atoms with E-state index in [0.29, 0.717) is 18.1 Å². The lowest BCUT2D eigenvalue weighted by atomic mass is 9.83. The van der Waals surface area contributed by atoms with Crippen LogP contribution in [0.3, 0.4) is 0 Å². The van der Waals surface area contributed by atoms with Gasteiger partial charge in [0.15, 0.2) is 11.0 Å². The summed E-state index contributed by atoms with van der Waals surface area (Å²) < 4.78 is 0. The molecule has 1 aromatic heterocycles. The zero-order valence-electron chi connectivity index (χ0n) is 10.2. The molecule has 0 aliphatic rings. The molecule has 0 bridgehead atoms. The maximum Gasteiger partial charge on any atom is 0.157 e. The van der Waals surface area contributed by atoms with Crippen LogP contribution in [0.1, 0.15) is 26.7 Å². The van der Waals surface area contributed by atoms with Gasteiger partial charge in [-0.25, -0.2) is 9.97 Å². The molecule has 1 aromatic rings. The fraction of sp³-hybridized carbons (Fsp3) is 0.636. The van der Waals surface area contributed by atoms with E-state index >= 15 is 0 Å². The molecule has 0 aliphatic carbocycles. The summed E-state index contributed by atoms with van der Waals surface area (Å²) in [5, 5.41) is 12.8. The van der Waals surface area contributed by atoms with E-state index in [9.17, 15) is 5.11 Å². The Kier molecular flexibility index (Phi) is 4.96. The van der Waals surface area contributed by atoms with E-state index in [-0.39, 0.29) is 17.2 Å². The van der Waals surface area contributed by atoms with Crippen LogP contribution in [0.5, 0.6) is 0 Å². The molecular formula is C11H19ClN4O. The summed E-state index contributed by atoms with van der Waals surface area (Å²) in [5.74, 6) is 0.518. The minimum atomic E-state index is -0.149. The predicted molar refractivity (Wildman–Crippen MR) is 70.0 cm³/mol. The second kappa shape index (κ2) is 6.02. The maximum absolute atomic E-state index is 9.45. The Morgan fingerprint density at radius 1 is 1.41 bits per heavy atom. The Morgan fingerprint density at radius 2 is 2.06 bits per heavy atom. The van der Waals surface area contributed by atoms with Gasteiger partial charge in [0.2, 0.25) is 0 Å². The number of nitrogen functional groups attached to an aromatic ring is 1. The molecule has 1 rings (SSSR count). The summed E-state index contributed by atoms with van der Waals surface area (Å²) in [6, 6.07) is 0. The van der Waals surface area contributed by atoms with Crippen molar-refractivity contribution in [3.63, 3.8) is 0 Å². The van der Waals surface area contributed by atoms with Crippen molar-refractivity contribution in [3.8, 4) is 0 Å². The van der Waals surface area contributed by atoms with Gasteiger partial charge in [-0.1, -0.05) is 25.4 Å². The standard InChI is InChI=1S/C11H19ClN4O/c1-3-11(4-2,6-17)5-14-10-8(13)9(12)15-7-16-10/h7,17H,3-6,13H2,1-2H3,(H,14,15,16). The van der Waals surface area contributed by atoms with Gasteiger partial charge in [0.1, 0.15) is 12.0 Å². The first-order chi connectivity index (χ1) is 8.08. The van der Waals surface area contributed by atoms with Crippen LogP contribution in [-0.4, -0.2) is 28.2 Å². The van der Waals surface area contributed by atoms with Gasteiger partial charge in [-0.2, -0.15) is 0 Å². The summed E-state index contributed by atoms with van der Waals surface area (Å²) in [7, 11) is 0. The maximum atomic E-state index is 9.45. The zero-order chi connectivity index (χ0) is 12.9. The summed E-state index contributed by atoms with van der Waals surface area (Å²) in [6.45, 7) is 4.84. The van der Waals surface area contributed by atoms with E-state index in [2.05, 4.69) is 29.1 Å². The van der Waals surface area contributed by atoms with Crippen LogP contribution in [-0.2, 0) is 0 Å². The monoisotopic (exact) mass is 258 g/mol. The van der Waals surface area contributed by atoms with Gasteiger partial charge >= 0.3 is 0 Å². The largest absolute Gasteiger partial charge is 0.396 e. The summed E-state index contributed by atoms with van der Waals surface area (Å²) in [4.78, 5) is 7.82. The first kappa shape index (κ1) is 14.0. The smallest absolute Gasteiger partial charge is 0.157 e. The number of aromatic nitrogens is 2. The summed E-state index contributed by atoms with van der Waals surface area (Å²) in [6.07, 6.45) is 3.12. The molecule has 0 amide bonds. The Hall–Kier alpha value is -1.07. The predicted octanol–water partition coefficient (Wildman–Crippen LogP) is 1.92. The zero-order valence-corrected chi connectivity index (χ0v) is 11.0. The van der Waals surface area contributed by atoms with Crippen LogP contribution in [0.2, 0.25) is 5.15 Å². The van der Waals surface area contributed by atoms with Gasteiger partial charge in [-0.05, 0) is 12.8 Å². The first-order valence-electron chi connectivity index (χ1n) is 5.69. The van der Waals surface area contributed by atoms with Crippen molar-refractivity contribution < 1.29 is 5.11 Å². The van der Waals surface area contributed by atoms with Gasteiger partial charge in [0.25, 0.3) is 0 Å². The number of aliphatic hydroxyl groups is 1. The van der Waals surface area contributed by atoms with Crippen LogP contribution >= 0.6 is 11.6 Å². The van der Waals surface area contributed by atoms with Crippen molar-refractivity contribution >= 4 is 23.1 Å². The van der Waals surface area contributed by atoms with Gasteiger partial charge in [0.05, 0.1) is 6.61 Å². The molecule has 1 heterocycles. The van der Waals surface area contributed by atoms with Crippen molar-refractivity contribution in [1.29, 1.82) is 0 Å². The van der Waals surface area contributed by atoms with E-state index in [1.54, 1.807) is 0 Å². The van der Waals surface area contributed by atoms with E-state index in [0.717, 1.165) is 12.8 Å². The number of hydrogen-bond acceptors (Lipinski definition) is 5. The van der Waals surface area contributed by atoms with Gasteiger partial charge in [0, 0.05) is 12.0 Å². The molecule has 0 aromatic carbocycles. The fourth-order valence-electron chi connectivity index (χ4n) is 1.57. The fourth-order valence-corrected chi connectivity index (χ4v) is 1.70. The second-order valence-corrected chi connectivity index (χ2v) is 4.50. The van der Waals surface area contributed by atoms with Crippen LogP contribution in [0.4, 0.5) is 11.5 Å². The normalized spacial score (nSPS) is 11.5. The van der Waals surface area contributed by atoms with Crippen molar-refractivity contribution in [3.05, 3.63) is 11.5 Å². The number of nitrogens with zero attached hydrogens (tertiary/aromatic N) is 2. The summed E-state index contributed by atoms with van der Waals surface area (Å²) in [5.41, 5.74) is 5.95. The molecule has 0 spiro atoms. The highest BCUT2D eigenvalue weighted by Crippen LogP contribution is 2.28. The summed E-state index contributed by atoms with van der Waals surface area (Å²) >= 11 is 5.80. The average Bonchev–Trinajstić information content (AvgIpc) is 2.36. The van der Waals surface area contributed by atoms with Crippen molar-refractivity contribution in [2.24, 2.45) is 5.41 Å². The molecule has 4 N–H and O–H groups in total. The number of rotatable bonds is 6. The Labute approximate surface area is 106 Å². The first-order valence-corrected chi connectivity index (χ1v) is 6.07. The van der Waals surface area contributed by atoms with Crippen molar-refractivity contribution in [2.45, 2.75) is 26.7 Å². The van der Waals surface area contributed by atoms with Crippen molar-refractivity contribution in [2.75, 3.05) is 24.2 Å². The molecule has 0 saturated carbocycles. The van der Waals surface area contributed by atoms with Crippen molar-refractivity contribution in [1.82, 2.24) is 9.97 Å². The van der Waals surface area contributed by atoms with Crippen LogP contribution in [0, 0.1) is 5.41 Å². The number of nitrogens with two attached hydrogens (primary N) is 1. The van der Waals surface area contributed by atoms with Crippen LogP contribution in [0.15, 0.2) is 6.33 Å². The SMILES string of the molecule is CCC(CC)(CO)CNc1ncnc(Cl)c1N. The minimum absolute atomic E-state index is 0.131. The van der Waals surface area contributed by atoms with Gasteiger partial charge < -0.3 is 16.2 Å². The Bertz CT molecular complexity index is 360. The number of anilines is 2. The van der Waals surface area contributed by atoms with Crippen LogP contribution < -0.4 is 11.1 Å². The minimum Gasteiger partial charge on any atom is -0.396 e. The van der Waals surface area contributed by atoms with E-state index < -0.39 is 0 Å². The quantitative estimate of drug-likeness (QED) is 0.679. The molecule has 0 aliphatic heterocycles. The lowest BCUT2D eigenvalue weighted by Crippen LogP contribution is -2.32. The van der Waals surface area contributed by atoms with Crippen LogP contribution in [0.25, 0.3) is 0 Å². The highest BCUT2D eigenvalue weighted by molar-refractivity contribution is 6.32. The molecular weight excluding hydrogens is 240 g/mol.